The van der Waals surface area contributed by atoms with Crippen LogP contribution in [-0.2, 0) is 4.79 Å². The first-order valence-corrected chi connectivity index (χ1v) is 7.45. The molecule has 1 aromatic rings. The molecule has 3 fully saturated rings. The molecule has 3 aliphatic rings. The summed E-state index contributed by atoms with van der Waals surface area (Å²) in [6, 6.07) is 4.51. The third-order valence-electron chi connectivity index (χ3n) is 3.87. The third kappa shape index (κ3) is 2.49. The van der Waals surface area contributed by atoms with Crippen molar-refractivity contribution in [2.45, 2.75) is 18.9 Å². The molecule has 0 atom stereocenters. The fourth-order valence-electron chi connectivity index (χ4n) is 2.81. The molecule has 4 rings (SSSR count). The molecule has 18 heavy (non-hydrogen) atoms. The Balaban J connectivity index is 1.68. The lowest BCUT2D eigenvalue weighted by Crippen LogP contribution is -2.40. The Morgan fingerprint density at radius 3 is 2.83 bits per heavy atom. The Hall–Kier alpha value is -1.13. The standard InChI is InChI=1S/C14H18N2OS/c17-14(4-3-13-2-1-11-18-13)16-10-9-15-7-5-12(16)6-8-15/h1-4,11-12H,5-10H2. The molecule has 0 radical (unpaired) electrons. The first-order chi connectivity index (χ1) is 8.83. The van der Waals surface area contributed by atoms with E-state index in [-0.39, 0.29) is 5.91 Å². The summed E-state index contributed by atoms with van der Waals surface area (Å²) in [5.41, 5.74) is 0. The van der Waals surface area contributed by atoms with E-state index in [1.807, 2.05) is 23.6 Å². The van der Waals surface area contributed by atoms with Crippen LogP contribution >= 0.6 is 11.3 Å². The van der Waals surface area contributed by atoms with E-state index in [1.54, 1.807) is 17.4 Å². The molecule has 96 valence electrons. The minimum absolute atomic E-state index is 0.178. The normalized spacial score (nSPS) is 27.7. The van der Waals surface area contributed by atoms with Gasteiger partial charge in [-0.15, -0.1) is 11.3 Å². The molecule has 0 N–H and O–H groups in total. The zero-order chi connectivity index (χ0) is 12.4. The lowest BCUT2D eigenvalue weighted by Gasteiger charge is -2.30. The van der Waals surface area contributed by atoms with E-state index in [0.717, 1.165) is 43.9 Å². The van der Waals surface area contributed by atoms with E-state index >= 15 is 0 Å². The molecule has 4 heteroatoms. The van der Waals surface area contributed by atoms with E-state index in [2.05, 4.69) is 9.80 Å². The van der Waals surface area contributed by atoms with Crippen molar-refractivity contribution in [3.63, 3.8) is 0 Å². The molecule has 4 heterocycles. The summed E-state index contributed by atoms with van der Waals surface area (Å²) in [6.45, 7) is 4.24. The Bertz CT molecular complexity index is 433. The van der Waals surface area contributed by atoms with Gasteiger partial charge in [0.1, 0.15) is 0 Å². The van der Waals surface area contributed by atoms with Gasteiger partial charge < -0.3 is 9.80 Å². The highest BCUT2D eigenvalue weighted by Crippen LogP contribution is 2.21. The van der Waals surface area contributed by atoms with Crippen molar-refractivity contribution in [3.8, 4) is 0 Å². The summed E-state index contributed by atoms with van der Waals surface area (Å²) in [7, 11) is 0. The summed E-state index contributed by atoms with van der Waals surface area (Å²) in [5.74, 6) is 0.178. The van der Waals surface area contributed by atoms with E-state index in [1.165, 1.54) is 0 Å². The number of carbonyl (C=O) groups is 1. The highest BCUT2D eigenvalue weighted by atomic mass is 32.1. The van der Waals surface area contributed by atoms with Crippen LogP contribution in [0.3, 0.4) is 0 Å². The summed E-state index contributed by atoms with van der Waals surface area (Å²) in [5, 5.41) is 2.03. The minimum Gasteiger partial charge on any atom is -0.335 e. The minimum atomic E-state index is 0.178. The summed E-state index contributed by atoms with van der Waals surface area (Å²) >= 11 is 1.66. The van der Waals surface area contributed by atoms with Gasteiger partial charge in [-0.05, 0) is 30.4 Å². The summed E-state index contributed by atoms with van der Waals surface area (Å²) < 4.78 is 0. The van der Waals surface area contributed by atoms with E-state index in [4.69, 9.17) is 0 Å². The van der Waals surface area contributed by atoms with Crippen molar-refractivity contribution in [2.75, 3.05) is 26.2 Å². The molecule has 0 spiro atoms. The van der Waals surface area contributed by atoms with Gasteiger partial charge in [0, 0.05) is 43.2 Å². The topological polar surface area (TPSA) is 23.6 Å². The number of thiophene rings is 1. The SMILES string of the molecule is O=C(C=Cc1cccs1)N1CCN2CCC1CC2. The molecule has 3 nitrogen and oxygen atoms in total. The molecular weight excluding hydrogens is 244 g/mol. The van der Waals surface area contributed by atoms with Crippen molar-refractivity contribution in [1.29, 1.82) is 0 Å². The van der Waals surface area contributed by atoms with Crippen molar-refractivity contribution < 1.29 is 4.79 Å². The van der Waals surface area contributed by atoms with E-state index in [0.29, 0.717) is 6.04 Å². The van der Waals surface area contributed by atoms with Gasteiger partial charge in [-0.25, -0.2) is 0 Å². The average molecular weight is 262 g/mol. The maximum absolute atomic E-state index is 12.3. The monoisotopic (exact) mass is 262 g/mol. The largest absolute Gasteiger partial charge is 0.335 e. The van der Waals surface area contributed by atoms with Crippen molar-refractivity contribution in [2.24, 2.45) is 0 Å². The van der Waals surface area contributed by atoms with Crippen LogP contribution in [0.4, 0.5) is 0 Å². The molecule has 1 aromatic heterocycles. The fraction of sp³-hybridized carbons (Fsp3) is 0.500. The molecule has 0 aliphatic carbocycles. The Morgan fingerprint density at radius 1 is 1.28 bits per heavy atom. The lowest BCUT2D eigenvalue weighted by atomic mass is 10.1. The first kappa shape index (κ1) is 11.9. The molecule has 0 aromatic carbocycles. The summed E-state index contributed by atoms with van der Waals surface area (Å²) in [6.07, 6.45) is 5.95. The zero-order valence-electron chi connectivity index (χ0n) is 10.4. The van der Waals surface area contributed by atoms with Gasteiger partial charge in [0.05, 0.1) is 0 Å². The smallest absolute Gasteiger partial charge is 0.246 e. The van der Waals surface area contributed by atoms with Crippen LogP contribution in [0.15, 0.2) is 23.6 Å². The van der Waals surface area contributed by atoms with Crippen LogP contribution in [0.2, 0.25) is 0 Å². The molecular formula is C14H18N2OS. The second-order valence-electron chi connectivity index (χ2n) is 4.95. The number of rotatable bonds is 2. The lowest BCUT2D eigenvalue weighted by molar-refractivity contribution is -0.127. The predicted octanol–water partition coefficient (Wildman–Crippen LogP) is 2.07. The number of hydrogen-bond donors (Lipinski definition) is 0. The second kappa shape index (κ2) is 5.24. The van der Waals surface area contributed by atoms with Gasteiger partial charge in [-0.1, -0.05) is 6.07 Å². The van der Waals surface area contributed by atoms with Crippen LogP contribution in [0.5, 0.6) is 0 Å². The predicted molar refractivity (Wildman–Crippen MR) is 74.5 cm³/mol. The fourth-order valence-corrected chi connectivity index (χ4v) is 3.43. The van der Waals surface area contributed by atoms with Crippen LogP contribution in [0, 0.1) is 0 Å². The Kier molecular flexibility index (Phi) is 3.48. The number of amides is 1. The van der Waals surface area contributed by atoms with Crippen LogP contribution in [0.25, 0.3) is 6.08 Å². The van der Waals surface area contributed by atoms with E-state index < -0.39 is 0 Å². The van der Waals surface area contributed by atoms with Crippen molar-refractivity contribution >= 4 is 23.3 Å². The maximum atomic E-state index is 12.3. The van der Waals surface area contributed by atoms with Gasteiger partial charge in [0.2, 0.25) is 5.91 Å². The molecule has 1 amide bonds. The third-order valence-corrected chi connectivity index (χ3v) is 4.71. The van der Waals surface area contributed by atoms with Crippen LogP contribution in [-0.4, -0.2) is 47.9 Å². The van der Waals surface area contributed by atoms with Crippen LogP contribution < -0.4 is 0 Å². The Labute approximate surface area is 112 Å². The molecule has 3 aliphatic heterocycles. The Morgan fingerprint density at radius 2 is 2.11 bits per heavy atom. The maximum Gasteiger partial charge on any atom is 0.246 e. The molecule has 3 saturated heterocycles. The van der Waals surface area contributed by atoms with Crippen LogP contribution in [0.1, 0.15) is 17.7 Å². The van der Waals surface area contributed by atoms with Gasteiger partial charge in [0.15, 0.2) is 0 Å². The van der Waals surface area contributed by atoms with Gasteiger partial charge >= 0.3 is 0 Å². The summed E-state index contributed by atoms with van der Waals surface area (Å²) in [4.78, 5) is 17.9. The number of fused-ring (bicyclic) bond motifs is 4. The van der Waals surface area contributed by atoms with Gasteiger partial charge in [0.25, 0.3) is 0 Å². The molecule has 0 saturated carbocycles. The molecule has 0 unspecified atom stereocenters. The quantitative estimate of drug-likeness (QED) is 0.762. The van der Waals surface area contributed by atoms with Gasteiger partial charge in [-0.3, -0.25) is 4.79 Å². The first-order valence-electron chi connectivity index (χ1n) is 6.57. The second-order valence-corrected chi connectivity index (χ2v) is 5.93. The number of piperidine rings is 1. The number of carbonyl (C=O) groups excluding carboxylic acids is 1. The van der Waals surface area contributed by atoms with Gasteiger partial charge in [-0.2, -0.15) is 0 Å². The number of nitrogens with zero attached hydrogens (tertiary/aromatic N) is 2. The zero-order valence-corrected chi connectivity index (χ0v) is 11.2. The highest BCUT2D eigenvalue weighted by Gasteiger charge is 2.30. The highest BCUT2D eigenvalue weighted by molar-refractivity contribution is 7.10. The van der Waals surface area contributed by atoms with Crippen molar-refractivity contribution in [3.05, 3.63) is 28.5 Å². The number of hydrogen-bond acceptors (Lipinski definition) is 3. The van der Waals surface area contributed by atoms with Crippen molar-refractivity contribution in [1.82, 2.24) is 9.80 Å². The average Bonchev–Trinajstić information content (AvgIpc) is 2.75. The molecule has 2 bridgehead atoms. The van der Waals surface area contributed by atoms with E-state index in [9.17, 15) is 4.79 Å².